The van der Waals surface area contributed by atoms with Gasteiger partial charge in [0.25, 0.3) is 0 Å². The van der Waals surface area contributed by atoms with Crippen LogP contribution in [-0.2, 0) is 4.79 Å². The van der Waals surface area contributed by atoms with Crippen molar-refractivity contribution in [1.82, 2.24) is 14.9 Å². The maximum atomic E-state index is 12.5. The highest BCUT2D eigenvalue weighted by Gasteiger charge is 2.23. The highest BCUT2D eigenvalue weighted by Crippen LogP contribution is 2.19. The molecule has 0 spiro atoms. The summed E-state index contributed by atoms with van der Waals surface area (Å²) in [5.74, 6) is 1.02. The van der Waals surface area contributed by atoms with E-state index in [0.29, 0.717) is 16.8 Å². The van der Waals surface area contributed by atoms with Gasteiger partial charge in [-0.15, -0.1) is 0 Å². The summed E-state index contributed by atoms with van der Waals surface area (Å²) < 4.78 is 0. The molecule has 118 valence electrons. The van der Waals surface area contributed by atoms with E-state index in [1.165, 1.54) is 17.8 Å². The van der Waals surface area contributed by atoms with Crippen molar-refractivity contribution in [1.29, 1.82) is 0 Å². The molecule has 0 aliphatic carbocycles. The van der Waals surface area contributed by atoms with E-state index >= 15 is 0 Å². The van der Waals surface area contributed by atoms with Gasteiger partial charge in [-0.3, -0.25) is 4.79 Å². The summed E-state index contributed by atoms with van der Waals surface area (Å²) in [6.07, 6.45) is 1.87. The Kier molecular flexibility index (Phi) is 6.74. The van der Waals surface area contributed by atoms with Crippen LogP contribution < -0.4 is 11.5 Å². The molecule has 21 heavy (non-hydrogen) atoms. The number of anilines is 2. The third-order valence-corrected chi connectivity index (χ3v) is 4.32. The van der Waals surface area contributed by atoms with Crippen LogP contribution in [0.25, 0.3) is 0 Å². The molecule has 0 unspecified atom stereocenters. The summed E-state index contributed by atoms with van der Waals surface area (Å²) >= 11 is 1.27. The summed E-state index contributed by atoms with van der Waals surface area (Å²) in [5.41, 5.74) is 11.3. The molecule has 2 atom stereocenters. The quantitative estimate of drug-likeness (QED) is 0.591. The fourth-order valence-electron chi connectivity index (χ4n) is 2.05. The van der Waals surface area contributed by atoms with Crippen molar-refractivity contribution in [3.8, 4) is 0 Å². The van der Waals surface area contributed by atoms with E-state index in [0.717, 1.165) is 12.8 Å². The van der Waals surface area contributed by atoms with Crippen LogP contribution in [0.4, 0.5) is 11.6 Å². The van der Waals surface area contributed by atoms with Crippen molar-refractivity contribution in [2.45, 2.75) is 57.8 Å². The summed E-state index contributed by atoms with van der Waals surface area (Å²) in [6, 6.07) is 1.94. The number of carbonyl (C=O) groups excluding carboxylic acids is 1. The first-order chi connectivity index (χ1) is 9.88. The van der Waals surface area contributed by atoms with Gasteiger partial charge in [0.2, 0.25) is 5.91 Å². The van der Waals surface area contributed by atoms with Crippen LogP contribution in [0.2, 0.25) is 0 Å². The zero-order valence-electron chi connectivity index (χ0n) is 13.2. The molecule has 0 saturated carbocycles. The Morgan fingerprint density at radius 2 is 1.67 bits per heavy atom. The molecule has 0 radical (unpaired) electrons. The van der Waals surface area contributed by atoms with Gasteiger partial charge >= 0.3 is 0 Å². The molecule has 6 nitrogen and oxygen atoms in total. The second-order valence-corrected chi connectivity index (χ2v) is 6.05. The summed E-state index contributed by atoms with van der Waals surface area (Å²) in [6.45, 7) is 8.32. The second kappa shape index (κ2) is 8.07. The number of nitrogens with two attached hydrogens (primary N) is 2. The molecule has 0 aliphatic heterocycles. The topological polar surface area (TPSA) is 98.1 Å². The molecule has 0 bridgehead atoms. The maximum Gasteiger partial charge on any atom is 0.233 e. The number of hydrogen-bond donors (Lipinski definition) is 2. The fourth-order valence-corrected chi connectivity index (χ4v) is 2.79. The van der Waals surface area contributed by atoms with Gasteiger partial charge in [-0.2, -0.15) is 0 Å². The number of nitrogen functional groups attached to an aromatic ring is 2. The molecule has 1 heterocycles. The molecular weight excluding hydrogens is 286 g/mol. The van der Waals surface area contributed by atoms with E-state index in [9.17, 15) is 4.79 Å². The van der Waals surface area contributed by atoms with E-state index in [4.69, 9.17) is 11.5 Å². The van der Waals surface area contributed by atoms with Gasteiger partial charge < -0.3 is 16.4 Å². The summed E-state index contributed by atoms with van der Waals surface area (Å²) in [4.78, 5) is 22.6. The molecule has 1 aromatic rings. The van der Waals surface area contributed by atoms with Gasteiger partial charge in [-0.1, -0.05) is 25.6 Å². The molecule has 0 aliphatic rings. The van der Waals surface area contributed by atoms with Crippen LogP contribution in [0.1, 0.15) is 40.5 Å². The molecule has 0 saturated heterocycles. The van der Waals surface area contributed by atoms with E-state index < -0.39 is 0 Å². The Bertz CT molecular complexity index is 452. The summed E-state index contributed by atoms with van der Waals surface area (Å²) in [5, 5.41) is 0.439. The lowest BCUT2D eigenvalue weighted by Gasteiger charge is -2.34. The first-order valence-corrected chi connectivity index (χ1v) is 8.21. The Hall–Kier alpha value is -1.50. The van der Waals surface area contributed by atoms with Crippen molar-refractivity contribution < 1.29 is 4.79 Å². The van der Waals surface area contributed by atoms with Crippen LogP contribution in [0.15, 0.2) is 11.2 Å². The normalized spacial score (nSPS) is 13.7. The predicted octanol–water partition coefficient (Wildman–Crippen LogP) is 2.16. The zero-order valence-corrected chi connectivity index (χ0v) is 14.0. The lowest BCUT2D eigenvalue weighted by Crippen LogP contribution is -2.45. The second-order valence-electron chi connectivity index (χ2n) is 5.10. The van der Waals surface area contributed by atoms with Gasteiger partial charge in [0.05, 0.1) is 5.75 Å². The van der Waals surface area contributed by atoms with E-state index in [2.05, 4.69) is 37.7 Å². The van der Waals surface area contributed by atoms with Crippen molar-refractivity contribution in [3.05, 3.63) is 6.07 Å². The Morgan fingerprint density at radius 1 is 1.19 bits per heavy atom. The average Bonchev–Trinajstić information content (AvgIpc) is 2.43. The van der Waals surface area contributed by atoms with Crippen molar-refractivity contribution in [2.24, 2.45) is 0 Å². The number of thioether (sulfide) groups is 1. The zero-order chi connectivity index (χ0) is 16.0. The fraction of sp³-hybridized carbons (Fsp3) is 0.643. The molecule has 1 rings (SSSR count). The monoisotopic (exact) mass is 311 g/mol. The van der Waals surface area contributed by atoms with Gasteiger partial charge in [0.1, 0.15) is 11.6 Å². The minimum Gasteiger partial charge on any atom is -0.383 e. The predicted molar refractivity (Wildman–Crippen MR) is 87.9 cm³/mol. The van der Waals surface area contributed by atoms with Gasteiger partial charge in [0, 0.05) is 18.2 Å². The number of nitrogens with zero attached hydrogens (tertiary/aromatic N) is 3. The lowest BCUT2D eigenvalue weighted by molar-refractivity contribution is -0.132. The van der Waals surface area contributed by atoms with E-state index in [1.54, 1.807) is 0 Å². The third kappa shape index (κ3) is 5.08. The molecular formula is C14H25N5OS. The number of hydrogen-bond acceptors (Lipinski definition) is 6. The molecule has 7 heteroatoms. The Labute approximate surface area is 130 Å². The van der Waals surface area contributed by atoms with Gasteiger partial charge in [-0.25, -0.2) is 9.97 Å². The molecule has 0 fully saturated rings. The summed E-state index contributed by atoms with van der Waals surface area (Å²) in [7, 11) is 0. The first kappa shape index (κ1) is 17.6. The Balaban J connectivity index is 2.73. The number of aromatic nitrogens is 2. The molecule has 4 N–H and O–H groups in total. The van der Waals surface area contributed by atoms with Crippen molar-refractivity contribution in [3.63, 3.8) is 0 Å². The smallest absolute Gasteiger partial charge is 0.233 e. The van der Waals surface area contributed by atoms with E-state index in [-0.39, 0.29) is 23.7 Å². The minimum absolute atomic E-state index is 0.0910. The SMILES string of the molecule is CC[C@@H](C)N(C(=O)CSc1nc(N)cc(N)n1)[C@H](C)CC. The van der Waals surface area contributed by atoms with Crippen molar-refractivity contribution in [2.75, 3.05) is 17.2 Å². The Morgan fingerprint density at radius 3 is 2.10 bits per heavy atom. The van der Waals surface area contributed by atoms with E-state index in [1.807, 2.05) is 4.90 Å². The number of carbonyl (C=O) groups is 1. The lowest BCUT2D eigenvalue weighted by atomic mass is 10.1. The first-order valence-electron chi connectivity index (χ1n) is 7.23. The molecule has 0 aromatic carbocycles. The third-order valence-electron chi connectivity index (χ3n) is 3.49. The largest absolute Gasteiger partial charge is 0.383 e. The molecule has 1 amide bonds. The highest BCUT2D eigenvalue weighted by atomic mass is 32.2. The standard InChI is InChI=1S/C14H25N5OS/c1-5-9(3)19(10(4)6-2)13(20)8-21-14-17-11(15)7-12(16)18-14/h7,9-10H,5-6,8H2,1-4H3,(H4,15,16,17,18)/t9-,10-/m1/s1. The van der Waals surface area contributed by atoms with Crippen molar-refractivity contribution >= 4 is 29.3 Å². The van der Waals surface area contributed by atoms with Crippen LogP contribution >= 0.6 is 11.8 Å². The number of rotatable bonds is 7. The highest BCUT2D eigenvalue weighted by molar-refractivity contribution is 7.99. The van der Waals surface area contributed by atoms with Crippen LogP contribution in [-0.4, -0.2) is 38.6 Å². The number of amides is 1. The van der Waals surface area contributed by atoms with Gasteiger partial charge in [0.15, 0.2) is 5.16 Å². The maximum absolute atomic E-state index is 12.5. The minimum atomic E-state index is 0.0910. The van der Waals surface area contributed by atoms with Crippen LogP contribution in [0.3, 0.4) is 0 Å². The van der Waals surface area contributed by atoms with Gasteiger partial charge in [-0.05, 0) is 26.7 Å². The molecule has 1 aromatic heterocycles. The average molecular weight is 311 g/mol. The van der Waals surface area contributed by atoms with Crippen LogP contribution in [0, 0.1) is 0 Å². The van der Waals surface area contributed by atoms with Crippen LogP contribution in [0.5, 0.6) is 0 Å².